The van der Waals surface area contributed by atoms with Crippen molar-refractivity contribution in [2.24, 2.45) is 4.99 Å². The zero-order valence-corrected chi connectivity index (χ0v) is 22.0. The Kier molecular flexibility index (Phi) is 6.69. The summed E-state index contributed by atoms with van der Waals surface area (Å²) in [5, 5.41) is 2.09. The second-order valence-electron chi connectivity index (χ2n) is 8.65. The topological polar surface area (TPSA) is 96.2 Å². The first-order chi connectivity index (χ1) is 18.3. The van der Waals surface area contributed by atoms with Crippen LogP contribution in [0.3, 0.4) is 0 Å². The fraction of sp³-hybridized carbons (Fsp3) is 0.172. The number of allylic oxidation sites excluding steroid dienone is 1. The fourth-order valence-corrected chi connectivity index (χ4v) is 5.66. The number of fused-ring (bicyclic) bond motifs is 2. The Morgan fingerprint density at radius 3 is 2.53 bits per heavy atom. The SMILES string of the molecule is COC(=O)C1=C(C)N=c2s/c(=C/c3cccc4ccccc34)c(=O)n2[C@@H]1c1ccc(OC(C)=O)c(OC)c1. The van der Waals surface area contributed by atoms with Crippen LogP contribution in [-0.2, 0) is 14.3 Å². The molecule has 0 fully saturated rings. The molecule has 0 saturated carbocycles. The van der Waals surface area contributed by atoms with Gasteiger partial charge in [-0.15, -0.1) is 0 Å². The average molecular weight is 529 g/mol. The number of aromatic nitrogens is 1. The summed E-state index contributed by atoms with van der Waals surface area (Å²) in [4.78, 5) is 43.4. The number of carbonyl (C=O) groups is 2. The van der Waals surface area contributed by atoms with Crippen molar-refractivity contribution in [1.29, 1.82) is 0 Å². The summed E-state index contributed by atoms with van der Waals surface area (Å²) in [6.07, 6.45) is 1.85. The van der Waals surface area contributed by atoms with Gasteiger partial charge in [-0.3, -0.25) is 14.2 Å². The highest BCUT2D eigenvalue weighted by molar-refractivity contribution is 7.07. The maximum atomic E-state index is 13.9. The molecule has 0 aliphatic carbocycles. The summed E-state index contributed by atoms with van der Waals surface area (Å²) >= 11 is 1.25. The number of hydrogen-bond donors (Lipinski definition) is 0. The number of benzene rings is 3. The van der Waals surface area contributed by atoms with Crippen LogP contribution in [0.25, 0.3) is 16.8 Å². The minimum absolute atomic E-state index is 0.229. The molecule has 0 amide bonds. The summed E-state index contributed by atoms with van der Waals surface area (Å²) in [5.41, 5.74) is 1.87. The zero-order chi connectivity index (χ0) is 27.0. The smallest absolute Gasteiger partial charge is 0.338 e. The van der Waals surface area contributed by atoms with Crippen molar-refractivity contribution in [1.82, 2.24) is 4.57 Å². The maximum absolute atomic E-state index is 13.9. The van der Waals surface area contributed by atoms with Gasteiger partial charge >= 0.3 is 11.9 Å². The van der Waals surface area contributed by atoms with Crippen molar-refractivity contribution in [3.8, 4) is 11.5 Å². The molecule has 0 N–H and O–H groups in total. The van der Waals surface area contributed by atoms with E-state index in [1.165, 1.54) is 37.0 Å². The summed E-state index contributed by atoms with van der Waals surface area (Å²) < 4.78 is 17.7. The Morgan fingerprint density at radius 2 is 1.79 bits per heavy atom. The molecule has 0 saturated heterocycles. The second kappa shape index (κ2) is 10.1. The standard InChI is InChI=1S/C29H24N2O6S/c1-16-25(28(34)36-4)26(20-12-13-22(37-17(2)32)23(14-20)35-3)31-27(33)24(38-29(31)30-16)15-19-10-7-9-18-8-5-6-11-21(18)19/h5-15,26H,1-4H3/b24-15+/t26-/m1/s1. The predicted molar refractivity (Wildman–Crippen MR) is 144 cm³/mol. The first-order valence-corrected chi connectivity index (χ1v) is 12.6. The molecule has 0 bridgehead atoms. The van der Waals surface area contributed by atoms with Gasteiger partial charge in [0.05, 0.1) is 36.1 Å². The van der Waals surface area contributed by atoms with Gasteiger partial charge in [-0.2, -0.15) is 0 Å². The van der Waals surface area contributed by atoms with Gasteiger partial charge in [0.15, 0.2) is 16.3 Å². The lowest BCUT2D eigenvalue weighted by Gasteiger charge is -2.25. The minimum atomic E-state index is -0.825. The van der Waals surface area contributed by atoms with Crippen LogP contribution in [0.5, 0.6) is 11.5 Å². The molecule has 1 atom stereocenters. The third-order valence-electron chi connectivity index (χ3n) is 6.29. The molecule has 1 aliphatic rings. The van der Waals surface area contributed by atoms with Gasteiger partial charge in [-0.25, -0.2) is 9.79 Å². The molecule has 3 aromatic carbocycles. The van der Waals surface area contributed by atoms with Crippen molar-refractivity contribution < 1.29 is 23.8 Å². The monoisotopic (exact) mass is 528 g/mol. The van der Waals surface area contributed by atoms with Crippen molar-refractivity contribution >= 4 is 40.1 Å². The molecule has 1 aliphatic heterocycles. The summed E-state index contributed by atoms with van der Waals surface area (Å²) in [6, 6.07) is 18.0. The molecule has 8 nitrogen and oxygen atoms in total. The molecular formula is C29H24N2O6S. The van der Waals surface area contributed by atoms with Gasteiger partial charge in [0.1, 0.15) is 0 Å². The average Bonchev–Trinajstić information content (AvgIpc) is 3.21. The lowest BCUT2D eigenvalue weighted by Crippen LogP contribution is -2.39. The number of carbonyl (C=O) groups excluding carboxylic acids is 2. The highest BCUT2D eigenvalue weighted by Gasteiger charge is 2.33. The number of methoxy groups -OCH3 is 2. The first-order valence-electron chi connectivity index (χ1n) is 11.8. The first kappa shape index (κ1) is 25.2. The quantitative estimate of drug-likeness (QED) is 0.291. The highest BCUT2D eigenvalue weighted by Crippen LogP contribution is 2.36. The van der Waals surface area contributed by atoms with Crippen LogP contribution in [0.15, 0.2) is 81.7 Å². The fourth-order valence-electron chi connectivity index (χ4n) is 4.62. The Labute approximate surface area is 221 Å². The van der Waals surface area contributed by atoms with E-state index in [0.29, 0.717) is 20.6 Å². The maximum Gasteiger partial charge on any atom is 0.338 e. The third kappa shape index (κ3) is 4.41. The second-order valence-corrected chi connectivity index (χ2v) is 9.65. The van der Waals surface area contributed by atoms with E-state index >= 15 is 0 Å². The number of rotatable bonds is 5. The molecule has 4 aromatic rings. The van der Waals surface area contributed by atoms with E-state index in [1.807, 2.05) is 48.5 Å². The van der Waals surface area contributed by atoms with Gasteiger partial charge in [0, 0.05) is 6.92 Å². The van der Waals surface area contributed by atoms with E-state index < -0.39 is 18.0 Å². The third-order valence-corrected chi connectivity index (χ3v) is 7.28. The molecule has 9 heteroatoms. The molecule has 192 valence electrons. The molecule has 1 aromatic heterocycles. The van der Waals surface area contributed by atoms with E-state index in [9.17, 15) is 14.4 Å². The molecule has 5 rings (SSSR count). The van der Waals surface area contributed by atoms with E-state index in [4.69, 9.17) is 14.2 Å². The van der Waals surface area contributed by atoms with E-state index in [2.05, 4.69) is 4.99 Å². The Hall–Kier alpha value is -4.50. The number of hydrogen-bond acceptors (Lipinski definition) is 8. The highest BCUT2D eigenvalue weighted by atomic mass is 32.1. The molecule has 2 heterocycles. The molecular weight excluding hydrogens is 504 g/mol. The lowest BCUT2D eigenvalue weighted by atomic mass is 9.95. The van der Waals surface area contributed by atoms with Crippen LogP contribution in [0, 0.1) is 0 Å². The number of nitrogens with zero attached hydrogens (tertiary/aromatic N) is 2. The van der Waals surface area contributed by atoms with Crippen molar-refractivity contribution in [3.63, 3.8) is 0 Å². The van der Waals surface area contributed by atoms with Crippen LogP contribution in [0.1, 0.15) is 31.0 Å². The van der Waals surface area contributed by atoms with Gasteiger partial charge in [0.25, 0.3) is 5.56 Å². The molecule has 0 unspecified atom stereocenters. The molecule has 0 spiro atoms. The summed E-state index contributed by atoms with van der Waals surface area (Å²) in [5.74, 6) is -0.576. The summed E-state index contributed by atoms with van der Waals surface area (Å²) in [7, 11) is 2.74. The summed E-state index contributed by atoms with van der Waals surface area (Å²) in [6.45, 7) is 3.01. The minimum Gasteiger partial charge on any atom is -0.493 e. The van der Waals surface area contributed by atoms with E-state index in [-0.39, 0.29) is 22.6 Å². The van der Waals surface area contributed by atoms with Gasteiger partial charge in [-0.1, -0.05) is 59.9 Å². The van der Waals surface area contributed by atoms with Crippen LogP contribution in [0.2, 0.25) is 0 Å². The lowest BCUT2D eigenvalue weighted by molar-refractivity contribution is -0.136. The normalized spacial score (nSPS) is 15.2. The van der Waals surface area contributed by atoms with E-state index in [0.717, 1.165) is 16.3 Å². The van der Waals surface area contributed by atoms with Crippen LogP contribution >= 0.6 is 11.3 Å². The van der Waals surface area contributed by atoms with Crippen LogP contribution in [0.4, 0.5) is 0 Å². The predicted octanol–water partition coefficient (Wildman–Crippen LogP) is 3.50. The number of esters is 2. The molecule has 38 heavy (non-hydrogen) atoms. The van der Waals surface area contributed by atoms with E-state index in [1.54, 1.807) is 25.1 Å². The van der Waals surface area contributed by atoms with Gasteiger partial charge in [0.2, 0.25) is 0 Å². The Bertz CT molecular complexity index is 1810. The van der Waals surface area contributed by atoms with Crippen molar-refractivity contribution in [3.05, 3.63) is 103 Å². The van der Waals surface area contributed by atoms with Crippen molar-refractivity contribution in [2.75, 3.05) is 14.2 Å². The zero-order valence-electron chi connectivity index (χ0n) is 21.2. The van der Waals surface area contributed by atoms with Crippen LogP contribution < -0.4 is 24.4 Å². The Morgan fingerprint density at radius 1 is 1.03 bits per heavy atom. The largest absolute Gasteiger partial charge is 0.493 e. The van der Waals surface area contributed by atoms with Gasteiger partial charge in [-0.05, 0) is 47.0 Å². The van der Waals surface area contributed by atoms with Gasteiger partial charge < -0.3 is 14.2 Å². The molecule has 0 radical (unpaired) electrons. The number of thiazole rings is 1. The van der Waals surface area contributed by atoms with Crippen molar-refractivity contribution in [2.45, 2.75) is 19.9 Å². The Balaban J connectivity index is 1.74. The number of ether oxygens (including phenoxy) is 3. The van der Waals surface area contributed by atoms with Crippen LogP contribution in [-0.4, -0.2) is 30.7 Å².